The molecule has 96 valence electrons. The van der Waals surface area contributed by atoms with Gasteiger partial charge in [0, 0.05) is 26.2 Å². The molecule has 1 unspecified atom stereocenters. The lowest BCUT2D eigenvalue weighted by Crippen LogP contribution is -2.41. The second kappa shape index (κ2) is 6.58. The normalized spacial score (nSPS) is 21.0. The molecule has 1 atom stereocenters. The molecule has 0 saturated carbocycles. The molecule has 0 amide bonds. The molecule has 1 aliphatic heterocycles. The molecule has 3 nitrogen and oxygen atoms in total. The lowest BCUT2D eigenvalue weighted by molar-refractivity contribution is 0.0382. The minimum absolute atomic E-state index is 0.409. The van der Waals surface area contributed by atoms with Crippen LogP contribution in [0.2, 0.25) is 0 Å². The van der Waals surface area contributed by atoms with Crippen molar-refractivity contribution in [1.82, 2.24) is 10.2 Å². The van der Waals surface area contributed by atoms with Crippen LogP contribution in [0.15, 0.2) is 0 Å². The van der Waals surface area contributed by atoms with Crippen molar-refractivity contribution in [1.29, 1.82) is 0 Å². The van der Waals surface area contributed by atoms with Gasteiger partial charge in [0.1, 0.15) is 0 Å². The van der Waals surface area contributed by atoms with Gasteiger partial charge >= 0.3 is 0 Å². The van der Waals surface area contributed by atoms with E-state index in [9.17, 15) is 0 Å². The molecule has 0 spiro atoms. The molecule has 0 radical (unpaired) electrons. The second-order valence-corrected chi connectivity index (χ2v) is 5.93. The fourth-order valence-electron chi connectivity index (χ4n) is 1.69. The van der Waals surface area contributed by atoms with Gasteiger partial charge in [0.05, 0.1) is 13.2 Å². The summed E-state index contributed by atoms with van der Waals surface area (Å²) >= 11 is 0. The summed E-state index contributed by atoms with van der Waals surface area (Å²) in [6, 6.07) is 0. The van der Waals surface area contributed by atoms with Crippen LogP contribution in [-0.2, 0) is 4.74 Å². The third kappa shape index (κ3) is 5.28. The van der Waals surface area contributed by atoms with Crippen LogP contribution < -0.4 is 5.32 Å². The molecule has 3 heteroatoms. The summed E-state index contributed by atoms with van der Waals surface area (Å²) in [5.74, 6) is 0.720. The predicted molar refractivity (Wildman–Crippen MR) is 68.7 cm³/mol. The zero-order chi connectivity index (χ0) is 12.0. The Kier molecular flexibility index (Phi) is 5.73. The van der Waals surface area contributed by atoms with E-state index in [4.69, 9.17) is 4.74 Å². The van der Waals surface area contributed by atoms with Crippen LogP contribution in [0.1, 0.15) is 27.7 Å². The highest BCUT2D eigenvalue weighted by molar-refractivity contribution is 4.72. The first kappa shape index (κ1) is 13.9. The lowest BCUT2D eigenvalue weighted by atomic mass is 9.82. The summed E-state index contributed by atoms with van der Waals surface area (Å²) in [5.41, 5.74) is 0.409. The van der Waals surface area contributed by atoms with Crippen molar-refractivity contribution in [3.05, 3.63) is 0 Å². The summed E-state index contributed by atoms with van der Waals surface area (Å²) in [6.45, 7) is 16.6. The highest BCUT2D eigenvalue weighted by Gasteiger charge is 2.19. The number of nitrogens with one attached hydrogen (secondary N) is 1. The molecular weight excluding hydrogens is 200 g/mol. The topological polar surface area (TPSA) is 24.5 Å². The van der Waals surface area contributed by atoms with E-state index in [0.29, 0.717) is 5.41 Å². The quantitative estimate of drug-likeness (QED) is 0.723. The monoisotopic (exact) mass is 228 g/mol. The van der Waals surface area contributed by atoms with E-state index in [2.05, 4.69) is 37.9 Å². The first-order valence-electron chi connectivity index (χ1n) is 6.51. The molecule has 0 aliphatic carbocycles. The second-order valence-electron chi connectivity index (χ2n) is 5.93. The standard InChI is InChI=1S/C13H28N2O/c1-12(13(2,3)4)11-14-5-6-15-7-9-16-10-8-15/h12,14H,5-11H2,1-4H3. The predicted octanol–water partition coefficient (Wildman–Crippen LogP) is 1.59. The number of hydrogen-bond acceptors (Lipinski definition) is 3. The SMILES string of the molecule is CC(CNCCN1CCOCC1)C(C)(C)C. The van der Waals surface area contributed by atoms with Gasteiger partial charge in [-0.3, -0.25) is 4.90 Å². The molecule has 16 heavy (non-hydrogen) atoms. The van der Waals surface area contributed by atoms with E-state index >= 15 is 0 Å². The average molecular weight is 228 g/mol. The van der Waals surface area contributed by atoms with E-state index in [1.54, 1.807) is 0 Å². The Labute approximate surface area is 101 Å². The van der Waals surface area contributed by atoms with Crippen LogP contribution in [0.5, 0.6) is 0 Å². The summed E-state index contributed by atoms with van der Waals surface area (Å²) in [7, 11) is 0. The van der Waals surface area contributed by atoms with E-state index in [1.165, 1.54) is 0 Å². The van der Waals surface area contributed by atoms with Crippen molar-refractivity contribution in [3.8, 4) is 0 Å². The number of rotatable bonds is 5. The van der Waals surface area contributed by atoms with Crippen LogP contribution in [0.25, 0.3) is 0 Å². The Morgan fingerprint density at radius 2 is 1.88 bits per heavy atom. The van der Waals surface area contributed by atoms with E-state index in [-0.39, 0.29) is 0 Å². The van der Waals surface area contributed by atoms with Gasteiger partial charge in [-0.15, -0.1) is 0 Å². The maximum Gasteiger partial charge on any atom is 0.0594 e. The molecule has 1 rings (SSSR count). The zero-order valence-electron chi connectivity index (χ0n) is 11.4. The van der Waals surface area contributed by atoms with E-state index < -0.39 is 0 Å². The molecule has 1 saturated heterocycles. The molecule has 1 N–H and O–H groups in total. The first-order valence-corrected chi connectivity index (χ1v) is 6.51. The Morgan fingerprint density at radius 1 is 1.25 bits per heavy atom. The summed E-state index contributed by atoms with van der Waals surface area (Å²) in [4.78, 5) is 2.47. The van der Waals surface area contributed by atoms with Gasteiger partial charge in [0.25, 0.3) is 0 Å². The summed E-state index contributed by atoms with van der Waals surface area (Å²) in [6.07, 6.45) is 0. The Balaban J connectivity index is 2.02. The van der Waals surface area contributed by atoms with Crippen molar-refractivity contribution in [2.45, 2.75) is 27.7 Å². The van der Waals surface area contributed by atoms with Crippen molar-refractivity contribution in [3.63, 3.8) is 0 Å². The maximum absolute atomic E-state index is 5.33. The van der Waals surface area contributed by atoms with Crippen LogP contribution >= 0.6 is 0 Å². The average Bonchev–Trinajstić information content (AvgIpc) is 2.24. The Hall–Kier alpha value is -0.120. The van der Waals surface area contributed by atoms with E-state index in [0.717, 1.165) is 51.9 Å². The van der Waals surface area contributed by atoms with Crippen molar-refractivity contribution >= 4 is 0 Å². The summed E-state index contributed by atoms with van der Waals surface area (Å²) in [5, 5.41) is 3.56. The molecule has 1 fully saturated rings. The van der Waals surface area contributed by atoms with Gasteiger partial charge < -0.3 is 10.1 Å². The van der Waals surface area contributed by atoms with Crippen LogP contribution in [-0.4, -0.2) is 50.8 Å². The largest absolute Gasteiger partial charge is 0.379 e. The third-order valence-corrected chi connectivity index (χ3v) is 3.64. The Morgan fingerprint density at radius 3 is 2.44 bits per heavy atom. The highest BCUT2D eigenvalue weighted by Crippen LogP contribution is 2.24. The maximum atomic E-state index is 5.33. The number of hydrogen-bond donors (Lipinski definition) is 1. The van der Waals surface area contributed by atoms with Gasteiger partial charge in [-0.1, -0.05) is 27.7 Å². The zero-order valence-corrected chi connectivity index (χ0v) is 11.4. The fourth-order valence-corrected chi connectivity index (χ4v) is 1.69. The summed E-state index contributed by atoms with van der Waals surface area (Å²) < 4.78 is 5.33. The number of ether oxygens (including phenoxy) is 1. The number of nitrogens with zero attached hydrogens (tertiary/aromatic N) is 1. The fraction of sp³-hybridized carbons (Fsp3) is 1.00. The van der Waals surface area contributed by atoms with Gasteiger partial charge in [-0.25, -0.2) is 0 Å². The lowest BCUT2D eigenvalue weighted by Gasteiger charge is -2.29. The van der Waals surface area contributed by atoms with Crippen LogP contribution in [0.4, 0.5) is 0 Å². The highest BCUT2D eigenvalue weighted by atomic mass is 16.5. The van der Waals surface area contributed by atoms with Gasteiger partial charge in [-0.05, 0) is 17.9 Å². The number of morpholine rings is 1. The van der Waals surface area contributed by atoms with Gasteiger partial charge in [0.15, 0.2) is 0 Å². The molecule has 1 heterocycles. The Bertz CT molecular complexity index is 183. The molecule has 1 aliphatic rings. The van der Waals surface area contributed by atoms with Crippen LogP contribution in [0.3, 0.4) is 0 Å². The molecule has 0 aromatic heterocycles. The minimum Gasteiger partial charge on any atom is -0.379 e. The minimum atomic E-state index is 0.409. The molecular formula is C13H28N2O. The third-order valence-electron chi connectivity index (χ3n) is 3.64. The smallest absolute Gasteiger partial charge is 0.0594 e. The van der Waals surface area contributed by atoms with Crippen molar-refractivity contribution in [2.24, 2.45) is 11.3 Å². The molecule has 0 bridgehead atoms. The first-order chi connectivity index (χ1) is 7.50. The van der Waals surface area contributed by atoms with E-state index in [1.807, 2.05) is 0 Å². The van der Waals surface area contributed by atoms with Crippen molar-refractivity contribution < 1.29 is 4.74 Å². The van der Waals surface area contributed by atoms with Gasteiger partial charge in [-0.2, -0.15) is 0 Å². The van der Waals surface area contributed by atoms with Crippen molar-refractivity contribution in [2.75, 3.05) is 45.9 Å². The molecule has 0 aromatic carbocycles. The van der Waals surface area contributed by atoms with Crippen LogP contribution in [0, 0.1) is 11.3 Å². The molecule has 0 aromatic rings. The van der Waals surface area contributed by atoms with Gasteiger partial charge in [0.2, 0.25) is 0 Å².